The Bertz CT molecular complexity index is 850. The molecule has 6 heteroatoms. The van der Waals surface area contributed by atoms with Crippen LogP contribution in [0.2, 0.25) is 0 Å². The molecule has 3 amide bonds. The molecule has 0 bridgehead atoms. The first-order valence-electron chi connectivity index (χ1n) is 9.49. The number of carbonyl (C=O) groups is 2. The highest BCUT2D eigenvalue weighted by Gasteiger charge is 2.30. The van der Waals surface area contributed by atoms with Gasteiger partial charge in [-0.1, -0.05) is 30.3 Å². The third kappa shape index (κ3) is 4.44. The number of nitrogens with zero attached hydrogens (tertiary/aromatic N) is 2. The van der Waals surface area contributed by atoms with E-state index in [9.17, 15) is 9.59 Å². The molecular weight excluding hydrogens is 354 g/mol. The summed E-state index contributed by atoms with van der Waals surface area (Å²) in [5, 5.41) is 3.01. The molecule has 1 aliphatic heterocycles. The number of anilines is 1. The van der Waals surface area contributed by atoms with E-state index in [2.05, 4.69) is 5.32 Å². The van der Waals surface area contributed by atoms with Crippen LogP contribution in [0.25, 0.3) is 0 Å². The molecule has 148 valence electrons. The topological polar surface area (TPSA) is 61.9 Å². The quantitative estimate of drug-likeness (QED) is 0.859. The first-order chi connectivity index (χ1) is 13.5. The van der Waals surface area contributed by atoms with Crippen LogP contribution in [0.4, 0.5) is 10.5 Å². The van der Waals surface area contributed by atoms with E-state index in [4.69, 9.17) is 4.74 Å². The number of para-hydroxylation sites is 1. The van der Waals surface area contributed by atoms with Gasteiger partial charge in [-0.15, -0.1) is 0 Å². The van der Waals surface area contributed by atoms with E-state index in [1.807, 2.05) is 53.4 Å². The number of rotatable bonds is 5. The van der Waals surface area contributed by atoms with Crippen molar-refractivity contribution in [2.24, 2.45) is 0 Å². The summed E-state index contributed by atoms with van der Waals surface area (Å²) in [7, 11) is 5.10. The Morgan fingerprint density at radius 2 is 1.96 bits per heavy atom. The summed E-state index contributed by atoms with van der Waals surface area (Å²) < 4.78 is 5.32. The molecule has 1 saturated heterocycles. The highest BCUT2D eigenvalue weighted by Crippen LogP contribution is 2.34. The van der Waals surface area contributed by atoms with E-state index in [1.165, 1.54) is 0 Å². The summed E-state index contributed by atoms with van der Waals surface area (Å²) in [5.74, 6) is 0.787. The Morgan fingerprint density at radius 3 is 2.71 bits per heavy atom. The van der Waals surface area contributed by atoms with Crippen molar-refractivity contribution >= 4 is 17.6 Å². The fraction of sp³-hybridized carbons (Fsp3) is 0.364. The maximum absolute atomic E-state index is 13.0. The van der Waals surface area contributed by atoms with Crippen LogP contribution in [0.1, 0.15) is 30.0 Å². The number of urea groups is 1. The summed E-state index contributed by atoms with van der Waals surface area (Å²) >= 11 is 0. The number of hydrogen-bond acceptors (Lipinski definition) is 3. The molecule has 0 radical (unpaired) electrons. The molecule has 1 aliphatic rings. The molecule has 2 aromatic rings. The van der Waals surface area contributed by atoms with Crippen LogP contribution in [0, 0.1) is 0 Å². The zero-order chi connectivity index (χ0) is 20.1. The number of ether oxygens (including phenoxy) is 1. The lowest BCUT2D eigenvalue weighted by Gasteiger charge is -2.26. The summed E-state index contributed by atoms with van der Waals surface area (Å²) in [6.45, 7) is 0.701. The van der Waals surface area contributed by atoms with Crippen molar-refractivity contribution < 1.29 is 14.3 Å². The first-order valence-corrected chi connectivity index (χ1v) is 9.49. The summed E-state index contributed by atoms with van der Waals surface area (Å²) in [4.78, 5) is 28.5. The van der Waals surface area contributed by atoms with Gasteiger partial charge < -0.3 is 19.9 Å². The van der Waals surface area contributed by atoms with Crippen molar-refractivity contribution in [2.75, 3.05) is 33.1 Å². The number of hydrogen-bond donors (Lipinski definition) is 1. The van der Waals surface area contributed by atoms with Gasteiger partial charge in [-0.25, -0.2) is 4.79 Å². The molecule has 0 saturated carbocycles. The van der Waals surface area contributed by atoms with Crippen molar-refractivity contribution in [3.63, 3.8) is 0 Å². The van der Waals surface area contributed by atoms with E-state index in [1.54, 1.807) is 26.1 Å². The van der Waals surface area contributed by atoms with Crippen molar-refractivity contribution in [2.45, 2.75) is 25.3 Å². The van der Waals surface area contributed by atoms with Crippen LogP contribution in [0.15, 0.2) is 48.5 Å². The number of amides is 3. The lowest BCUT2D eigenvalue weighted by molar-refractivity contribution is -0.127. The van der Waals surface area contributed by atoms with Crippen molar-refractivity contribution in [3.05, 3.63) is 59.7 Å². The average molecular weight is 381 g/mol. The van der Waals surface area contributed by atoms with Gasteiger partial charge in [0.25, 0.3) is 0 Å². The minimum atomic E-state index is -0.143. The second-order valence-electron chi connectivity index (χ2n) is 7.18. The van der Waals surface area contributed by atoms with Gasteiger partial charge in [0.15, 0.2) is 0 Å². The molecule has 6 nitrogen and oxygen atoms in total. The number of carbonyl (C=O) groups excluding carboxylic acids is 2. The van der Waals surface area contributed by atoms with Crippen LogP contribution in [0.5, 0.6) is 5.75 Å². The Balaban J connectivity index is 1.76. The lowest BCUT2D eigenvalue weighted by atomic mass is 10.0. The van der Waals surface area contributed by atoms with Gasteiger partial charge in [-0.05, 0) is 42.2 Å². The second kappa shape index (κ2) is 8.78. The van der Waals surface area contributed by atoms with Gasteiger partial charge in [0.05, 0.1) is 19.6 Å². The molecule has 1 heterocycles. The van der Waals surface area contributed by atoms with Gasteiger partial charge in [0.2, 0.25) is 5.91 Å². The Hall–Kier alpha value is -3.02. The molecule has 2 aromatic carbocycles. The van der Waals surface area contributed by atoms with E-state index >= 15 is 0 Å². The maximum atomic E-state index is 13.0. The van der Waals surface area contributed by atoms with Gasteiger partial charge in [0, 0.05) is 26.3 Å². The Morgan fingerprint density at radius 1 is 1.18 bits per heavy atom. The number of likely N-dealkylation sites (N-methyl/N-ethyl adjacent to an activating group) is 1. The van der Waals surface area contributed by atoms with E-state index in [-0.39, 0.29) is 24.4 Å². The predicted molar refractivity (Wildman–Crippen MR) is 110 cm³/mol. The molecule has 1 fully saturated rings. The fourth-order valence-corrected chi connectivity index (χ4v) is 3.51. The smallest absolute Gasteiger partial charge is 0.322 e. The van der Waals surface area contributed by atoms with Crippen LogP contribution >= 0.6 is 0 Å². The number of likely N-dealkylation sites (tertiary alicyclic amines) is 1. The highest BCUT2D eigenvalue weighted by atomic mass is 16.5. The average Bonchev–Trinajstić information content (AvgIpc) is 3.19. The molecule has 28 heavy (non-hydrogen) atoms. The van der Waals surface area contributed by atoms with Gasteiger partial charge in [-0.3, -0.25) is 4.79 Å². The molecule has 0 aromatic heterocycles. The number of benzene rings is 2. The Labute approximate surface area is 166 Å². The third-order valence-corrected chi connectivity index (χ3v) is 5.09. The maximum Gasteiger partial charge on any atom is 0.322 e. The monoisotopic (exact) mass is 381 g/mol. The Kier molecular flexibility index (Phi) is 6.19. The van der Waals surface area contributed by atoms with E-state index in [0.717, 1.165) is 29.7 Å². The third-order valence-electron chi connectivity index (χ3n) is 5.09. The summed E-state index contributed by atoms with van der Waals surface area (Å²) in [6.07, 6.45) is 2.13. The molecule has 3 rings (SSSR count). The normalized spacial score (nSPS) is 16.0. The number of nitrogens with one attached hydrogen (secondary N) is 1. The zero-order valence-corrected chi connectivity index (χ0v) is 16.6. The van der Waals surface area contributed by atoms with Crippen molar-refractivity contribution in [1.29, 1.82) is 0 Å². The largest absolute Gasteiger partial charge is 0.497 e. The first kappa shape index (κ1) is 19.7. The number of methoxy groups -OCH3 is 1. The van der Waals surface area contributed by atoms with E-state index < -0.39 is 0 Å². The van der Waals surface area contributed by atoms with Crippen LogP contribution in [0.3, 0.4) is 0 Å². The van der Waals surface area contributed by atoms with Crippen LogP contribution in [-0.4, -0.2) is 49.5 Å². The van der Waals surface area contributed by atoms with Crippen LogP contribution in [-0.2, 0) is 11.2 Å². The molecule has 0 unspecified atom stereocenters. The molecule has 1 atom stereocenters. The molecule has 0 spiro atoms. The standard InChI is InChI=1S/C22H27N3O3/c1-24(2)21(26)15-16-8-4-5-11-19(16)23-22(27)25-13-7-12-20(25)17-9-6-10-18(14-17)28-3/h4-6,8-11,14,20H,7,12-13,15H2,1-3H3,(H,23,27)/t20-/m1/s1. The lowest BCUT2D eigenvalue weighted by Crippen LogP contribution is -2.35. The zero-order valence-electron chi connectivity index (χ0n) is 16.6. The van der Waals surface area contributed by atoms with E-state index in [0.29, 0.717) is 12.2 Å². The minimum absolute atomic E-state index is 0.00266. The molecule has 1 N–H and O–H groups in total. The minimum Gasteiger partial charge on any atom is -0.497 e. The molecular formula is C22H27N3O3. The predicted octanol–water partition coefficient (Wildman–Crippen LogP) is 3.69. The van der Waals surface area contributed by atoms with Gasteiger partial charge in [0.1, 0.15) is 5.75 Å². The summed E-state index contributed by atoms with van der Waals surface area (Å²) in [6, 6.07) is 15.2. The molecule has 0 aliphatic carbocycles. The van der Waals surface area contributed by atoms with Crippen LogP contribution < -0.4 is 10.1 Å². The SMILES string of the molecule is COc1cccc([C@H]2CCCN2C(=O)Nc2ccccc2CC(=O)N(C)C)c1. The van der Waals surface area contributed by atoms with Gasteiger partial charge in [-0.2, -0.15) is 0 Å². The summed E-state index contributed by atoms with van der Waals surface area (Å²) in [5.41, 5.74) is 2.56. The van der Waals surface area contributed by atoms with Gasteiger partial charge >= 0.3 is 6.03 Å². The highest BCUT2D eigenvalue weighted by molar-refractivity contribution is 5.92. The fourth-order valence-electron chi connectivity index (χ4n) is 3.51. The van der Waals surface area contributed by atoms with Crippen molar-refractivity contribution in [1.82, 2.24) is 9.80 Å². The second-order valence-corrected chi connectivity index (χ2v) is 7.18. The van der Waals surface area contributed by atoms with Crippen molar-refractivity contribution in [3.8, 4) is 5.75 Å².